The maximum atomic E-state index is 11.6. The van der Waals surface area contributed by atoms with E-state index in [4.69, 9.17) is 0 Å². The van der Waals surface area contributed by atoms with Crippen molar-refractivity contribution in [2.75, 3.05) is 14.1 Å². The molecule has 1 amide bonds. The van der Waals surface area contributed by atoms with Crippen LogP contribution < -0.4 is 3.71 Å². The summed E-state index contributed by atoms with van der Waals surface area (Å²) in [5, 5.41) is 0. The molecule has 0 aliphatic heterocycles. The van der Waals surface area contributed by atoms with Crippen molar-refractivity contribution in [2.24, 2.45) is 0 Å². The fourth-order valence-corrected chi connectivity index (χ4v) is 4.18. The molecule has 0 spiro atoms. The van der Waals surface area contributed by atoms with Gasteiger partial charge in [0.05, 0.1) is 0 Å². The van der Waals surface area contributed by atoms with Gasteiger partial charge in [0.2, 0.25) is 0 Å². The third-order valence-corrected chi connectivity index (χ3v) is 7.42. The molecule has 0 bridgehead atoms. The van der Waals surface area contributed by atoms with Crippen molar-refractivity contribution in [1.82, 2.24) is 9.88 Å². The molecule has 1 rings (SSSR count). The quantitative estimate of drug-likeness (QED) is 0.772. The number of pyridine rings is 1. The monoisotopic (exact) mass is 314 g/mol. The SMILES string of the molecule is CN(C)C(=O)c1cc[c]([Sn]([CH3])([CH3])[CH3])nc1. The number of carbonyl (C=O) groups excluding carboxylic acids is 1. The molecule has 0 saturated heterocycles. The summed E-state index contributed by atoms with van der Waals surface area (Å²) in [5.41, 5.74) is 0.666. The first-order chi connectivity index (χ1) is 6.82. The molecule has 15 heavy (non-hydrogen) atoms. The minimum absolute atomic E-state index is 0.0122. The van der Waals surface area contributed by atoms with E-state index in [0.29, 0.717) is 5.56 Å². The molecule has 4 heteroatoms. The minimum atomic E-state index is -2.06. The van der Waals surface area contributed by atoms with Gasteiger partial charge in [-0.3, -0.25) is 0 Å². The Kier molecular flexibility index (Phi) is 3.76. The first-order valence-corrected chi connectivity index (χ1v) is 15.0. The molecule has 1 aromatic rings. The Morgan fingerprint density at radius 3 is 2.20 bits per heavy atom. The normalized spacial score (nSPS) is 11.3. The van der Waals surface area contributed by atoms with Gasteiger partial charge in [0.1, 0.15) is 0 Å². The number of rotatable bonds is 2. The summed E-state index contributed by atoms with van der Waals surface area (Å²) in [6.45, 7) is 0. The van der Waals surface area contributed by atoms with Gasteiger partial charge in [0, 0.05) is 0 Å². The van der Waals surface area contributed by atoms with Gasteiger partial charge in [-0.2, -0.15) is 0 Å². The van der Waals surface area contributed by atoms with E-state index < -0.39 is 18.4 Å². The molecule has 3 nitrogen and oxygen atoms in total. The summed E-state index contributed by atoms with van der Waals surface area (Å²) in [5.74, 6) is 0.0122. The first-order valence-electron chi connectivity index (χ1n) is 5.00. The summed E-state index contributed by atoms with van der Waals surface area (Å²) in [6, 6.07) is 3.89. The standard InChI is InChI=1S/C8H9N2O.3CH3.Sn/c1-10(2)8(11)7-4-3-5-9-6-7;;;;/h3-4,6H,1-2H3;3*1H3;. The summed E-state index contributed by atoms with van der Waals surface area (Å²) in [6.07, 6.45) is 1.69. The van der Waals surface area contributed by atoms with Crippen LogP contribution >= 0.6 is 0 Å². The van der Waals surface area contributed by atoms with Crippen LogP contribution in [-0.2, 0) is 0 Å². The van der Waals surface area contributed by atoms with Gasteiger partial charge < -0.3 is 0 Å². The van der Waals surface area contributed by atoms with Crippen molar-refractivity contribution in [3.63, 3.8) is 0 Å². The second kappa shape index (κ2) is 4.51. The molecule has 0 aliphatic rings. The number of aromatic nitrogens is 1. The molecule has 82 valence electrons. The van der Waals surface area contributed by atoms with Crippen LogP contribution in [0.5, 0.6) is 0 Å². The summed E-state index contributed by atoms with van der Waals surface area (Å²) in [4.78, 5) is 24.5. The molecule has 1 heterocycles. The van der Waals surface area contributed by atoms with Crippen LogP contribution in [-0.4, -0.2) is 48.3 Å². The first kappa shape index (κ1) is 12.5. The summed E-state index contributed by atoms with van der Waals surface area (Å²) in [7, 11) is 3.50. The Balaban J connectivity index is 2.96. The molecular formula is C11H18N2OSn. The molecule has 0 N–H and O–H groups in total. The predicted molar refractivity (Wildman–Crippen MR) is 65.2 cm³/mol. The topological polar surface area (TPSA) is 33.2 Å². The van der Waals surface area contributed by atoms with E-state index in [1.54, 1.807) is 25.2 Å². The fourth-order valence-electron chi connectivity index (χ4n) is 1.22. The van der Waals surface area contributed by atoms with Crippen LogP contribution in [0.3, 0.4) is 0 Å². The summed E-state index contributed by atoms with van der Waals surface area (Å²) < 4.78 is 1.21. The number of nitrogens with zero attached hydrogens (tertiary/aromatic N) is 2. The Labute approximate surface area is 95.4 Å². The number of hydrogen-bond acceptors (Lipinski definition) is 2. The average molecular weight is 313 g/mol. The van der Waals surface area contributed by atoms with E-state index in [9.17, 15) is 4.79 Å². The van der Waals surface area contributed by atoms with E-state index in [2.05, 4.69) is 19.8 Å². The van der Waals surface area contributed by atoms with Crippen molar-refractivity contribution in [3.8, 4) is 0 Å². The van der Waals surface area contributed by atoms with E-state index in [1.807, 2.05) is 12.1 Å². The van der Waals surface area contributed by atoms with Crippen molar-refractivity contribution < 1.29 is 4.79 Å². The maximum absolute atomic E-state index is 11.6. The van der Waals surface area contributed by atoms with Crippen LogP contribution in [0.25, 0.3) is 0 Å². The van der Waals surface area contributed by atoms with Crippen LogP contribution in [0, 0.1) is 0 Å². The van der Waals surface area contributed by atoms with Gasteiger partial charge in [-0.25, -0.2) is 0 Å². The molecule has 0 aliphatic carbocycles. The molecule has 1 aromatic heterocycles. The van der Waals surface area contributed by atoms with Crippen LogP contribution in [0.2, 0.25) is 14.8 Å². The fraction of sp³-hybridized carbons (Fsp3) is 0.455. The zero-order valence-corrected chi connectivity index (χ0v) is 12.9. The Morgan fingerprint density at radius 1 is 1.27 bits per heavy atom. The third kappa shape index (κ3) is 3.19. The van der Waals surface area contributed by atoms with Crippen molar-refractivity contribution in [3.05, 3.63) is 23.9 Å². The summed E-state index contributed by atoms with van der Waals surface area (Å²) >= 11 is -2.06. The molecule has 0 radical (unpaired) electrons. The number of carbonyl (C=O) groups is 1. The predicted octanol–water partition coefficient (Wildman–Crippen LogP) is 1.33. The van der Waals surface area contributed by atoms with Crippen LogP contribution in [0.4, 0.5) is 0 Å². The molecule has 0 aromatic carbocycles. The van der Waals surface area contributed by atoms with Gasteiger partial charge >= 0.3 is 95.5 Å². The Hall–Kier alpha value is -0.581. The zero-order valence-electron chi connectivity index (χ0n) is 10.0. The molecule has 0 saturated carbocycles. The average Bonchev–Trinajstić information content (AvgIpc) is 2.15. The molecule has 0 fully saturated rings. The van der Waals surface area contributed by atoms with Crippen LogP contribution in [0.15, 0.2) is 18.3 Å². The van der Waals surface area contributed by atoms with E-state index in [1.165, 1.54) is 3.71 Å². The van der Waals surface area contributed by atoms with E-state index >= 15 is 0 Å². The zero-order chi connectivity index (χ0) is 11.6. The van der Waals surface area contributed by atoms with Gasteiger partial charge in [-0.15, -0.1) is 0 Å². The number of amides is 1. The van der Waals surface area contributed by atoms with Crippen LogP contribution in [0.1, 0.15) is 10.4 Å². The molecular weight excluding hydrogens is 295 g/mol. The third-order valence-electron chi connectivity index (χ3n) is 2.19. The van der Waals surface area contributed by atoms with Gasteiger partial charge in [-0.1, -0.05) is 0 Å². The van der Waals surface area contributed by atoms with Crippen molar-refractivity contribution in [1.29, 1.82) is 0 Å². The van der Waals surface area contributed by atoms with Crippen molar-refractivity contribution >= 4 is 28.0 Å². The Morgan fingerprint density at radius 2 is 1.87 bits per heavy atom. The second-order valence-corrected chi connectivity index (χ2v) is 19.2. The Bertz CT molecular complexity index is 352. The second-order valence-electron chi connectivity index (χ2n) is 4.88. The molecule has 0 atom stereocenters. The molecule has 0 unspecified atom stereocenters. The van der Waals surface area contributed by atoms with Gasteiger partial charge in [0.15, 0.2) is 0 Å². The van der Waals surface area contributed by atoms with Gasteiger partial charge in [-0.05, 0) is 0 Å². The van der Waals surface area contributed by atoms with Crippen molar-refractivity contribution in [2.45, 2.75) is 14.8 Å². The number of hydrogen-bond donors (Lipinski definition) is 0. The van der Waals surface area contributed by atoms with E-state index in [-0.39, 0.29) is 5.91 Å². The van der Waals surface area contributed by atoms with E-state index in [0.717, 1.165) is 0 Å². The van der Waals surface area contributed by atoms with Gasteiger partial charge in [0.25, 0.3) is 0 Å².